The van der Waals surface area contributed by atoms with Crippen molar-refractivity contribution in [3.05, 3.63) is 0 Å². The molecule has 0 fully saturated rings. The third-order valence-electron chi connectivity index (χ3n) is 1.79. The quantitative estimate of drug-likeness (QED) is 0.482. The largest absolute Gasteiger partial charge is 0.481 e. The predicted octanol–water partition coefficient (Wildman–Crippen LogP) is 0.524. The maximum atomic E-state index is 9.90. The van der Waals surface area contributed by atoms with Crippen LogP contribution in [0.2, 0.25) is 0 Å². The Morgan fingerprint density at radius 3 is 1.47 bits per heavy atom. The van der Waals surface area contributed by atoms with E-state index in [4.69, 9.17) is 21.1 Å². The van der Waals surface area contributed by atoms with Crippen LogP contribution in [0.3, 0.4) is 0 Å². The van der Waals surface area contributed by atoms with Crippen LogP contribution in [0.25, 0.3) is 0 Å². The van der Waals surface area contributed by atoms with Gasteiger partial charge in [0.2, 0.25) is 0 Å². The molecule has 0 aromatic rings. The molecule has 0 radical (unpaired) electrons. The molecule has 17 heavy (non-hydrogen) atoms. The van der Waals surface area contributed by atoms with Crippen molar-refractivity contribution in [1.82, 2.24) is 0 Å². The normalized spacial score (nSPS) is 10.9. The zero-order valence-corrected chi connectivity index (χ0v) is 9.76. The van der Waals surface area contributed by atoms with Crippen LogP contribution in [0.4, 0.5) is 0 Å². The number of hydrogen-bond acceptors (Lipinski definition) is 4. The summed E-state index contributed by atoms with van der Waals surface area (Å²) in [4.78, 5) is 29.6. The van der Waals surface area contributed by atoms with Gasteiger partial charge < -0.3 is 21.1 Å². The van der Waals surface area contributed by atoms with Gasteiger partial charge in [-0.3, -0.25) is 14.4 Å². The molecule has 0 saturated heterocycles. The first-order valence-electron chi connectivity index (χ1n) is 5.23. The van der Waals surface area contributed by atoms with E-state index in [1.54, 1.807) is 6.92 Å². The van der Waals surface area contributed by atoms with E-state index in [-0.39, 0.29) is 12.8 Å². The van der Waals surface area contributed by atoms with Crippen LogP contribution < -0.4 is 5.73 Å². The maximum absolute atomic E-state index is 9.90. The van der Waals surface area contributed by atoms with Crippen LogP contribution in [-0.4, -0.2) is 39.3 Å². The van der Waals surface area contributed by atoms with Crippen LogP contribution in [0.5, 0.6) is 0 Å². The lowest BCUT2D eigenvalue weighted by Crippen LogP contribution is -2.28. The summed E-state index contributed by atoms with van der Waals surface area (Å²) in [5, 5.41) is 24.3. The molecule has 0 amide bonds. The molecular weight excluding hydrogens is 230 g/mol. The summed E-state index contributed by atoms with van der Waals surface area (Å²) in [7, 11) is 0. The van der Waals surface area contributed by atoms with Gasteiger partial charge in [0.05, 0.1) is 0 Å². The number of nitrogens with two attached hydrogens (primary N) is 1. The first-order chi connectivity index (χ1) is 7.81. The van der Waals surface area contributed by atoms with E-state index in [0.717, 1.165) is 0 Å². The molecule has 7 nitrogen and oxygen atoms in total. The Morgan fingerprint density at radius 2 is 1.35 bits per heavy atom. The monoisotopic (exact) mass is 249 g/mol. The highest BCUT2D eigenvalue weighted by atomic mass is 16.4. The van der Waals surface area contributed by atoms with Gasteiger partial charge in [-0.25, -0.2) is 0 Å². The molecule has 7 heteroatoms. The molecule has 0 aromatic heterocycles. The molecule has 5 N–H and O–H groups in total. The van der Waals surface area contributed by atoms with Crippen LogP contribution in [0, 0.1) is 0 Å². The summed E-state index contributed by atoms with van der Waals surface area (Å²) in [6, 6.07) is -0.681. The molecule has 0 rings (SSSR count). The summed E-state index contributed by atoms with van der Waals surface area (Å²) in [6.07, 6.45) is 1.51. The Hall–Kier alpha value is -1.63. The zero-order valence-electron chi connectivity index (χ0n) is 9.76. The van der Waals surface area contributed by atoms with Crippen molar-refractivity contribution in [1.29, 1.82) is 0 Å². The van der Waals surface area contributed by atoms with Crippen molar-refractivity contribution < 1.29 is 29.7 Å². The molecule has 1 unspecified atom stereocenters. The van der Waals surface area contributed by atoms with Crippen molar-refractivity contribution in [3.63, 3.8) is 0 Å². The lowest BCUT2D eigenvalue weighted by Gasteiger charge is -1.97. The second-order valence-electron chi connectivity index (χ2n) is 3.35. The topological polar surface area (TPSA) is 138 Å². The summed E-state index contributed by atoms with van der Waals surface area (Å²) >= 11 is 0. The third-order valence-corrected chi connectivity index (χ3v) is 1.79. The third kappa shape index (κ3) is 17.0. The average Bonchev–Trinajstić information content (AvgIpc) is 2.23. The van der Waals surface area contributed by atoms with Crippen molar-refractivity contribution in [2.75, 3.05) is 0 Å². The molecule has 0 spiro atoms. The Labute approximate surface area is 99.2 Å². The predicted molar refractivity (Wildman–Crippen MR) is 59.6 cm³/mol. The van der Waals surface area contributed by atoms with E-state index in [0.29, 0.717) is 19.3 Å². The van der Waals surface area contributed by atoms with E-state index in [1.807, 2.05) is 0 Å². The molecular formula is C10H19NO6. The van der Waals surface area contributed by atoms with Gasteiger partial charge in [0, 0.05) is 12.8 Å². The Kier molecular flexibility index (Phi) is 11.4. The highest BCUT2D eigenvalue weighted by Gasteiger charge is 2.05. The van der Waals surface area contributed by atoms with Crippen LogP contribution in [0.1, 0.15) is 39.0 Å². The fraction of sp³-hybridized carbons (Fsp3) is 0.700. The van der Waals surface area contributed by atoms with E-state index in [9.17, 15) is 14.4 Å². The molecule has 0 aliphatic heterocycles. The van der Waals surface area contributed by atoms with Gasteiger partial charge in [0.1, 0.15) is 6.04 Å². The maximum Gasteiger partial charge on any atom is 0.320 e. The lowest BCUT2D eigenvalue weighted by molar-refractivity contribution is -0.139. The number of carboxylic acids is 3. The number of unbranched alkanes of at least 4 members (excludes halogenated alkanes) is 1. The molecule has 0 aromatic carbocycles. The second-order valence-corrected chi connectivity index (χ2v) is 3.35. The number of rotatable bonds is 7. The van der Waals surface area contributed by atoms with Crippen molar-refractivity contribution in [3.8, 4) is 0 Å². The molecule has 0 aliphatic rings. The number of carboxylic acid groups (broad SMARTS) is 3. The number of aliphatic carboxylic acids is 3. The van der Waals surface area contributed by atoms with Gasteiger partial charge in [-0.2, -0.15) is 0 Å². The van der Waals surface area contributed by atoms with E-state index < -0.39 is 23.9 Å². The fourth-order valence-electron chi connectivity index (χ4n) is 0.727. The molecule has 100 valence electrons. The lowest BCUT2D eigenvalue weighted by atomic mass is 10.2. The van der Waals surface area contributed by atoms with Gasteiger partial charge in [0.15, 0.2) is 0 Å². The van der Waals surface area contributed by atoms with Gasteiger partial charge in [-0.05, 0) is 19.3 Å². The highest BCUT2D eigenvalue weighted by Crippen LogP contribution is 1.98. The summed E-state index contributed by atoms with van der Waals surface area (Å²) in [6.45, 7) is 1.73. The SMILES string of the molecule is CCC(N)C(=O)O.O=C(O)CCCCC(=O)O. The van der Waals surface area contributed by atoms with Crippen molar-refractivity contribution >= 4 is 17.9 Å². The summed E-state index contributed by atoms with van der Waals surface area (Å²) in [5.74, 6) is -2.67. The van der Waals surface area contributed by atoms with Crippen LogP contribution >= 0.6 is 0 Å². The molecule has 0 bridgehead atoms. The van der Waals surface area contributed by atoms with Crippen LogP contribution in [0.15, 0.2) is 0 Å². The van der Waals surface area contributed by atoms with Gasteiger partial charge in [-0.15, -0.1) is 0 Å². The minimum absolute atomic E-state index is 0.0628. The van der Waals surface area contributed by atoms with E-state index in [1.165, 1.54) is 0 Å². The van der Waals surface area contributed by atoms with Gasteiger partial charge in [0.25, 0.3) is 0 Å². The second kappa shape index (κ2) is 10.9. The zero-order chi connectivity index (χ0) is 13.8. The van der Waals surface area contributed by atoms with Crippen molar-refractivity contribution in [2.24, 2.45) is 5.73 Å². The van der Waals surface area contributed by atoms with Crippen LogP contribution in [-0.2, 0) is 14.4 Å². The average molecular weight is 249 g/mol. The van der Waals surface area contributed by atoms with Gasteiger partial charge >= 0.3 is 17.9 Å². The Bertz CT molecular complexity index is 237. The Balaban J connectivity index is 0. The summed E-state index contributed by atoms with van der Waals surface area (Å²) in [5.41, 5.74) is 5.02. The molecule has 1 atom stereocenters. The number of carbonyl (C=O) groups is 3. The first kappa shape index (κ1) is 17.8. The Morgan fingerprint density at radius 1 is 1.00 bits per heavy atom. The highest BCUT2D eigenvalue weighted by molar-refractivity contribution is 5.72. The fourth-order valence-corrected chi connectivity index (χ4v) is 0.727. The standard InChI is InChI=1S/C6H10O4.C4H9NO2/c7-5(8)3-1-2-4-6(9)10;1-2-3(5)4(6)7/h1-4H2,(H,7,8)(H,9,10);3H,2,5H2,1H3,(H,6,7). The van der Waals surface area contributed by atoms with Crippen molar-refractivity contribution in [2.45, 2.75) is 45.1 Å². The smallest absolute Gasteiger partial charge is 0.320 e. The van der Waals surface area contributed by atoms with E-state index >= 15 is 0 Å². The first-order valence-corrected chi connectivity index (χ1v) is 5.23. The molecule has 0 heterocycles. The van der Waals surface area contributed by atoms with Gasteiger partial charge in [-0.1, -0.05) is 6.92 Å². The number of hydrogen-bond donors (Lipinski definition) is 4. The molecule has 0 saturated carbocycles. The minimum atomic E-state index is -0.928. The minimum Gasteiger partial charge on any atom is -0.481 e. The van der Waals surface area contributed by atoms with E-state index in [2.05, 4.69) is 0 Å². The summed E-state index contributed by atoms with van der Waals surface area (Å²) < 4.78 is 0. The molecule has 0 aliphatic carbocycles.